The molecule has 122 valence electrons. The maximum atomic E-state index is 11.6. The summed E-state index contributed by atoms with van der Waals surface area (Å²) in [4.78, 5) is 22.7. The van der Waals surface area contributed by atoms with E-state index in [4.69, 9.17) is 4.74 Å². The number of nitrogens with zero attached hydrogens (tertiary/aromatic N) is 1. The lowest BCUT2D eigenvalue weighted by atomic mass is 9.77. The second kappa shape index (κ2) is 5.71. The Hall–Kier alpha value is -1.91. The van der Waals surface area contributed by atoms with Gasteiger partial charge in [-0.3, -0.25) is 14.9 Å². The highest BCUT2D eigenvalue weighted by molar-refractivity contribution is 5.73. The minimum Gasteiger partial charge on any atom is -0.426 e. The van der Waals surface area contributed by atoms with Crippen LogP contribution in [0.2, 0.25) is 0 Å². The SMILES string of the molecule is CC(=O)Oc1c(C(C)(C)C)cc(C)c([N+](=O)[O-])c1C(C)(C)C. The third-order valence-corrected chi connectivity index (χ3v) is 3.43. The summed E-state index contributed by atoms with van der Waals surface area (Å²) in [6.07, 6.45) is 0. The van der Waals surface area contributed by atoms with Gasteiger partial charge in [0.05, 0.1) is 10.5 Å². The van der Waals surface area contributed by atoms with Gasteiger partial charge >= 0.3 is 5.97 Å². The summed E-state index contributed by atoms with van der Waals surface area (Å²) in [6.45, 7) is 14.7. The fourth-order valence-electron chi connectivity index (χ4n) is 2.53. The summed E-state index contributed by atoms with van der Waals surface area (Å²) in [5.74, 6) is -0.154. The van der Waals surface area contributed by atoms with E-state index in [2.05, 4.69) is 0 Å². The van der Waals surface area contributed by atoms with Gasteiger partial charge in [0, 0.05) is 18.1 Å². The quantitative estimate of drug-likeness (QED) is 0.351. The summed E-state index contributed by atoms with van der Waals surface area (Å²) >= 11 is 0. The molecule has 5 nitrogen and oxygen atoms in total. The van der Waals surface area contributed by atoms with Crippen molar-refractivity contribution in [3.8, 4) is 5.75 Å². The average Bonchev–Trinajstić information content (AvgIpc) is 2.26. The van der Waals surface area contributed by atoms with Crippen molar-refractivity contribution in [2.45, 2.75) is 66.2 Å². The van der Waals surface area contributed by atoms with Crippen LogP contribution in [0.1, 0.15) is 65.2 Å². The lowest BCUT2D eigenvalue weighted by molar-refractivity contribution is -0.386. The van der Waals surface area contributed by atoms with Gasteiger partial charge in [0.1, 0.15) is 5.75 Å². The Kier molecular flexibility index (Phi) is 4.70. The van der Waals surface area contributed by atoms with Crippen molar-refractivity contribution in [1.82, 2.24) is 0 Å². The molecule has 1 aromatic rings. The monoisotopic (exact) mass is 307 g/mol. The zero-order valence-electron chi connectivity index (χ0n) is 14.7. The predicted molar refractivity (Wildman–Crippen MR) is 86.5 cm³/mol. The first kappa shape index (κ1) is 18.1. The number of carbonyl (C=O) groups excluding carboxylic acids is 1. The second-order valence-electron chi connectivity index (χ2n) is 7.64. The number of aryl methyl sites for hydroxylation is 1. The molecule has 0 fully saturated rings. The van der Waals surface area contributed by atoms with Crippen LogP contribution in [-0.2, 0) is 15.6 Å². The summed E-state index contributed by atoms with van der Waals surface area (Å²) < 4.78 is 5.43. The van der Waals surface area contributed by atoms with Crippen LogP contribution in [0.5, 0.6) is 5.75 Å². The minimum absolute atomic E-state index is 0.0248. The highest BCUT2D eigenvalue weighted by atomic mass is 16.6. The van der Waals surface area contributed by atoms with Crippen molar-refractivity contribution >= 4 is 11.7 Å². The van der Waals surface area contributed by atoms with E-state index in [1.54, 1.807) is 13.0 Å². The van der Waals surface area contributed by atoms with E-state index >= 15 is 0 Å². The number of hydrogen-bond acceptors (Lipinski definition) is 4. The van der Waals surface area contributed by atoms with Crippen molar-refractivity contribution in [3.05, 3.63) is 32.9 Å². The normalized spacial score (nSPS) is 12.2. The molecule has 0 N–H and O–H groups in total. The molecule has 0 atom stereocenters. The van der Waals surface area contributed by atoms with Gasteiger partial charge in [0.2, 0.25) is 0 Å². The molecule has 1 rings (SSSR count). The number of nitro benzene ring substituents is 1. The van der Waals surface area contributed by atoms with E-state index in [0.717, 1.165) is 5.56 Å². The highest BCUT2D eigenvalue weighted by Crippen LogP contribution is 2.46. The summed E-state index contributed by atoms with van der Waals surface area (Å²) in [7, 11) is 0. The zero-order chi connectivity index (χ0) is 17.5. The van der Waals surface area contributed by atoms with Crippen molar-refractivity contribution < 1.29 is 14.5 Å². The maximum absolute atomic E-state index is 11.6. The molecular weight excluding hydrogens is 282 g/mol. The lowest BCUT2D eigenvalue weighted by Crippen LogP contribution is -2.23. The van der Waals surface area contributed by atoms with Crippen LogP contribution < -0.4 is 4.74 Å². The topological polar surface area (TPSA) is 69.4 Å². The first-order chi connectivity index (χ1) is 9.76. The Morgan fingerprint density at radius 1 is 1.14 bits per heavy atom. The molecule has 5 heteroatoms. The van der Waals surface area contributed by atoms with E-state index < -0.39 is 16.3 Å². The summed E-state index contributed by atoms with van der Waals surface area (Å²) in [5, 5.41) is 11.6. The Balaban J connectivity index is 3.97. The fourth-order valence-corrected chi connectivity index (χ4v) is 2.53. The smallest absolute Gasteiger partial charge is 0.308 e. The van der Waals surface area contributed by atoms with Crippen LogP contribution in [0.3, 0.4) is 0 Å². The molecule has 0 heterocycles. The number of benzene rings is 1. The van der Waals surface area contributed by atoms with Gasteiger partial charge < -0.3 is 4.74 Å². The first-order valence-electron chi connectivity index (χ1n) is 7.28. The number of esters is 1. The molecule has 0 unspecified atom stereocenters. The maximum Gasteiger partial charge on any atom is 0.308 e. The van der Waals surface area contributed by atoms with Crippen molar-refractivity contribution in [3.63, 3.8) is 0 Å². The van der Waals surface area contributed by atoms with E-state index in [0.29, 0.717) is 16.9 Å². The van der Waals surface area contributed by atoms with Gasteiger partial charge in [-0.15, -0.1) is 0 Å². The van der Waals surface area contributed by atoms with Gasteiger partial charge in [-0.1, -0.05) is 41.5 Å². The number of rotatable bonds is 2. The third kappa shape index (κ3) is 3.64. The van der Waals surface area contributed by atoms with Gasteiger partial charge in [0.25, 0.3) is 5.69 Å². The molecule has 0 aliphatic rings. The van der Waals surface area contributed by atoms with Gasteiger partial charge in [-0.2, -0.15) is 0 Å². The van der Waals surface area contributed by atoms with Crippen LogP contribution >= 0.6 is 0 Å². The Morgan fingerprint density at radius 3 is 1.95 bits per heavy atom. The summed E-state index contributed by atoms with van der Waals surface area (Å²) in [5.41, 5.74) is 1.05. The third-order valence-electron chi connectivity index (χ3n) is 3.43. The molecule has 0 aliphatic heterocycles. The Bertz CT molecular complexity index is 619. The van der Waals surface area contributed by atoms with Crippen molar-refractivity contribution in [1.29, 1.82) is 0 Å². The largest absolute Gasteiger partial charge is 0.426 e. The Labute approximate surface area is 131 Å². The molecule has 0 radical (unpaired) electrons. The van der Waals surface area contributed by atoms with Crippen LogP contribution in [0.15, 0.2) is 6.07 Å². The standard InChI is InChI=1S/C17H25NO4/c1-10-9-12(16(3,4)5)15(22-11(2)19)13(17(6,7)8)14(10)18(20)21/h9H,1-8H3. The predicted octanol–water partition coefficient (Wildman–Crippen LogP) is 4.42. The number of hydrogen-bond donors (Lipinski definition) is 0. The molecule has 0 amide bonds. The molecule has 0 aromatic heterocycles. The van der Waals surface area contributed by atoms with Crippen LogP contribution in [0, 0.1) is 17.0 Å². The molecular formula is C17H25NO4. The first-order valence-corrected chi connectivity index (χ1v) is 7.28. The van der Waals surface area contributed by atoms with Crippen LogP contribution in [0.4, 0.5) is 5.69 Å². The van der Waals surface area contributed by atoms with Gasteiger partial charge in [-0.25, -0.2) is 0 Å². The Morgan fingerprint density at radius 2 is 1.64 bits per heavy atom. The number of nitro groups is 1. The molecule has 0 spiro atoms. The molecule has 0 saturated carbocycles. The second-order valence-corrected chi connectivity index (χ2v) is 7.64. The highest BCUT2D eigenvalue weighted by Gasteiger charge is 2.36. The van der Waals surface area contributed by atoms with E-state index in [9.17, 15) is 14.9 Å². The van der Waals surface area contributed by atoms with Crippen LogP contribution in [0.25, 0.3) is 0 Å². The van der Waals surface area contributed by atoms with Crippen molar-refractivity contribution in [2.24, 2.45) is 0 Å². The molecule has 22 heavy (non-hydrogen) atoms. The van der Waals surface area contributed by atoms with E-state index in [-0.39, 0.29) is 11.1 Å². The summed E-state index contributed by atoms with van der Waals surface area (Å²) in [6, 6.07) is 1.76. The van der Waals surface area contributed by atoms with Crippen molar-refractivity contribution in [2.75, 3.05) is 0 Å². The molecule has 0 aliphatic carbocycles. The van der Waals surface area contributed by atoms with Gasteiger partial charge in [-0.05, 0) is 23.8 Å². The van der Waals surface area contributed by atoms with E-state index in [1.165, 1.54) is 6.92 Å². The van der Waals surface area contributed by atoms with E-state index in [1.807, 2.05) is 41.5 Å². The number of ether oxygens (including phenoxy) is 1. The number of carbonyl (C=O) groups is 1. The van der Waals surface area contributed by atoms with Crippen LogP contribution in [-0.4, -0.2) is 10.9 Å². The average molecular weight is 307 g/mol. The lowest BCUT2D eigenvalue weighted by Gasteiger charge is -2.29. The van der Waals surface area contributed by atoms with Gasteiger partial charge in [0.15, 0.2) is 0 Å². The molecule has 0 bridgehead atoms. The molecule has 0 saturated heterocycles. The minimum atomic E-state index is -0.529. The molecule has 1 aromatic carbocycles. The zero-order valence-corrected chi connectivity index (χ0v) is 14.7. The fraction of sp³-hybridized carbons (Fsp3) is 0.588.